The molecular formula is C21H24FN3O3S. The Kier molecular flexibility index (Phi) is 5.56. The van der Waals surface area contributed by atoms with Crippen molar-refractivity contribution < 1.29 is 17.6 Å². The fourth-order valence-corrected chi connectivity index (χ4v) is 4.86. The third-order valence-corrected chi connectivity index (χ3v) is 6.73. The van der Waals surface area contributed by atoms with Crippen LogP contribution in [0.25, 0.3) is 0 Å². The highest BCUT2D eigenvalue weighted by atomic mass is 32.2. The molecule has 2 aromatic carbocycles. The molecule has 1 amide bonds. The summed E-state index contributed by atoms with van der Waals surface area (Å²) in [6, 6.07) is 10.2. The minimum absolute atomic E-state index is 0.0168. The summed E-state index contributed by atoms with van der Waals surface area (Å²) in [7, 11) is -3.66. The number of nitrogens with zero attached hydrogens (tertiary/aromatic N) is 1. The van der Waals surface area contributed by atoms with Crippen molar-refractivity contribution in [3.63, 3.8) is 0 Å². The Morgan fingerprint density at radius 2 is 1.79 bits per heavy atom. The zero-order valence-electron chi connectivity index (χ0n) is 16.0. The van der Waals surface area contributed by atoms with Gasteiger partial charge in [0, 0.05) is 24.7 Å². The number of benzene rings is 2. The van der Waals surface area contributed by atoms with Crippen LogP contribution in [0.4, 0.5) is 15.8 Å². The lowest BCUT2D eigenvalue weighted by molar-refractivity contribution is 0.102. The number of hydrogen-bond acceptors (Lipinski definition) is 4. The average molecular weight is 418 g/mol. The van der Waals surface area contributed by atoms with Crippen molar-refractivity contribution in [2.24, 2.45) is 0 Å². The van der Waals surface area contributed by atoms with Crippen LogP contribution in [0.5, 0.6) is 0 Å². The Morgan fingerprint density at radius 3 is 2.52 bits per heavy atom. The van der Waals surface area contributed by atoms with Crippen LogP contribution in [-0.2, 0) is 10.0 Å². The largest absolute Gasteiger partial charge is 0.370 e. The van der Waals surface area contributed by atoms with Crippen LogP contribution in [0.2, 0.25) is 0 Å². The number of hydrogen-bond donors (Lipinski definition) is 2. The van der Waals surface area contributed by atoms with E-state index in [0.717, 1.165) is 50.9 Å². The second-order valence-corrected chi connectivity index (χ2v) is 9.30. The summed E-state index contributed by atoms with van der Waals surface area (Å²) in [5.41, 5.74) is 1.37. The van der Waals surface area contributed by atoms with Crippen LogP contribution in [0.3, 0.4) is 0 Å². The Morgan fingerprint density at radius 1 is 1.03 bits per heavy atom. The van der Waals surface area contributed by atoms with Crippen molar-refractivity contribution in [1.29, 1.82) is 0 Å². The smallest absolute Gasteiger partial charge is 0.255 e. The van der Waals surface area contributed by atoms with Gasteiger partial charge in [0.2, 0.25) is 10.0 Å². The van der Waals surface area contributed by atoms with E-state index < -0.39 is 21.7 Å². The summed E-state index contributed by atoms with van der Waals surface area (Å²) in [6.07, 6.45) is 4.93. The molecule has 1 aliphatic heterocycles. The first kappa shape index (κ1) is 19.8. The van der Waals surface area contributed by atoms with E-state index >= 15 is 0 Å². The molecule has 6 nitrogen and oxygen atoms in total. The van der Waals surface area contributed by atoms with E-state index in [4.69, 9.17) is 0 Å². The number of carbonyl (C=O) groups excluding carboxylic acids is 1. The predicted octanol–water partition coefficient (Wildman–Crippen LogP) is 3.51. The minimum Gasteiger partial charge on any atom is -0.370 e. The van der Waals surface area contributed by atoms with Crippen LogP contribution < -0.4 is 14.9 Å². The van der Waals surface area contributed by atoms with Crippen molar-refractivity contribution in [3.8, 4) is 0 Å². The first-order valence-electron chi connectivity index (χ1n) is 9.91. The van der Waals surface area contributed by atoms with Gasteiger partial charge in [-0.25, -0.2) is 17.5 Å². The lowest BCUT2D eigenvalue weighted by Gasteiger charge is -2.30. The molecule has 154 valence electrons. The highest BCUT2D eigenvalue weighted by molar-refractivity contribution is 7.89. The van der Waals surface area contributed by atoms with Gasteiger partial charge in [-0.2, -0.15) is 0 Å². The highest BCUT2D eigenvalue weighted by Gasteiger charge is 2.28. The Labute approximate surface area is 170 Å². The Balaban J connectivity index is 1.57. The van der Waals surface area contributed by atoms with Crippen LogP contribution in [0.15, 0.2) is 47.4 Å². The third-order valence-electron chi connectivity index (χ3n) is 5.21. The second kappa shape index (κ2) is 8.12. The predicted molar refractivity (Wildman–Crippen MR) is 110 cm³/mol. The molecule has 2 N–H and O–H groups in total. The second-order valence-electron chi connectivity index (χ2n) is 7.59. The van der Waals surface area contributed by atoms with Crippen molar-refractivity contribution in [2.75, 3.05) is 23.3 Å². The number of nitrogens with one attached hydrogen (secondary N) is 2. The number of halogens is 1. The summed E-state index contributed by atoms with van der Waals surface area (Å²) in [6.45, 7) is 1.71. The summed E-state index contributed by atoms with van der Waals surface area (Å²) >= 11 is 0. The molecule has 0 unspecified atom stereocenters. The molecule has 0 atom stereocenters. The first-order valence-corrected chi connectivity index (χ1v) is 11.4. The molecule has 1 saturated heterocycles. The summed E-state index contributed by atoms with van der Waals surface area (Å²) in [5, 5.41) is 2.76. The van der Waals surface area contributed by atoms with Gasteiger partial charge in [0.05, 0.1) is 16.3 Å². The van der Waals surface area contributed by atoms with Gasteiger partial charge in [-0.05, 0) is 68.5 Å². The fraction of sp³-hybridized carbons (Fsp3) is 0.381. The van der Waals surface area contributed by atoms with Crippen molar-refractivity contribution in [1.82, 2.24) is 4.72 Å². The molecule has 1 heterocycles. The van der Waals surface area contributed by atoms with Crippen molar-refractivity contribution >= 4 is 27.3 Å². The van der Waals surface area contributed by atoms with Gasteiger partial charge in [-0.15, -0.1) is 0 Å². The van der Waals surface area contributed by atoms with Crippen LogP contribution in [0.1, 0.15) is 42.5 Å². The molecule has 1 aliphatic carbocycles. The van der Waals surface area contributed by atoms with Gasteiger partial charge < -0.3 is 10.2 Å². The first-order chi connectivity index (χ1) is 13.9. The molecule has 0 bridgehead atoms. The molecular weight excluding hydrogens is 393 g/mol. The molecule has 2 fully saturated rings. The van der Waals surface area contributed by atoms with Gasteiger partial charge in [0.25, 0.3) is 5.91 Å². The molecule has 2 aliphatic rings. The number of carbonyl (C=O) groups is 1. The molecule has 0 radical (unpaired) electrons. The maximum Gasteiger partial charge on any atom is 0.255 e. The summed E-state index contributed by atoms with van der Waals surface area (Å²) in [4.78, 5) is 15.0. The summed E-state index contributed by atoms with van der Waals surface area (Å²) in [5.74, 6) is -0.914. The average Bonchev–Trinajstić information content (AvgIpc) is 3.52. The van der Waals surface area contributed by atoms with Crippen LogP contribution in [-0.4, -0.2) is 33.5 Å². The van der Waals surface area contributed by atoms with Gasteiger partial charge in [0.1, 0.15) is 5.82 Å². The van der Waals surface area contributed by atoms with Gasteiger partial charge >= 0.3 is 0 Å². The number of amides is 1. The quantitative estimate of drug-likeness (QED) is 0.754. The number of rotatable bonds is 6. The fourth-order valence-electron chi connectivity index (χ4n) is 3.51. The molecule has 4 rings (SSSR count). The van der Waals surface area contributed by atoms with E-state index in [-0.39, 0.29) is 16.5 Å². The molecule has 2 aromatic rings. The van der Waals surface area contributed by atoms with E-state index in [2.05, 4.69) is 14.9 Å². The normalized spacial score (nSPS) is 17.2. The SMILES string of the molecule is O=C(Nc1cc(F)ccc1N1CCCCC1)c1cccc(S(=O)(=O)NC2CC2)c1. The minimum atomic E-state index is -3.66. The van der Waals surface area contributed by atoms with E-state index in [1.807, 2.05) is 0 Å². The molecule has 8 heteroatoms. The third kappa shape index (κ3) is 4.76. The van der Waals surface area contributed by atoms with Gasteiger partial charge in [-0.3, -0.25) is 4.79 Å². The molecule has 29 heavy (non-hydrogen) atoms. The Bertz CT molecular complexity index is 1020. The zero-order valence-corrected chi connectivity index (χ0v) is 16.8. The number of sulfonamides is 1. The van der Waals surface area contributed by atoms with E-state index in [0.29, 0.717) is 5.69 Å². The maximum absolute atomic E-state index is 13.9. The van der Waals surface area contributed by atoms with Crippen molar-refractivity contribution in [2.45, 2.75) is 43.0 Å². The van der Waals surface area contributed by atoms with Gasteiger partial charge in [-0.1, -0.05) is 6.07 Å². The highest BCUT2D eigenvalue weighted by Crippen LogP contribution is 2.30. The summed E-state index contributed by atoms with van der Waals surface area (Å²) < 4.78 is 41.3. The topological polar surface area (TPSA) is 78.5 Å². The van der Waals surface area contributed by atoms with E-state index in [1.54, 1.807) is 12.1 Å². The van der Waals surface area contributed by atoms with E-state index in [1.165, 1.54) is 30.3 Å². The van der Waals surface area contributed by atoms with E-state index in [9.17, 15) is 17.6 Å². The lowest BCUT2D eigenvalue weighted by atomic mass is 10.1. The molecule has 0 spiro atoms. The zero-order chi connectivity index (χ0) is 20.4. The maximum atomic E-state index is 13.9. The molecule has 1 saturated carbocycles. The van der Waals surface area contributed by atoms with Gasteiger partial charge in [0.15, 0.2) is 0 Å². The Hall–Kier alpha value is -2.45. The number of piperidine rings is 1. The monoisotopic (exact) mass is 417 g/mol. The lowest BCUT2D eigenvalue weighted by Crippen LogP contribution is -2.30. The van der Waals surface area contributed by atoms with Crippen molar-refractivity contribution in [3.05, 3.63) is 53.8 Å². The van der Waals surface area contributed by atoms with Crippen LogP contribution in [0, 0.1) is 5.82 Å². The standard InChI is InChI=1S/C21H24FN3O3S/c22-16-7-10-20(25-11-2-1-3-12-25)19(14-16)23-21(26)15-5-4-6-18(13-15)29(27,28)24-17-8-9-17/h4-7,10,13-14,17,24H,1-3,8-9,11-12H2,(H,23,26). The van der Waals surface area contributed by atoms with Crippen LogP contribution >= 0.6 is 0 Å². The number of anilines is 2. The molecule has 0 aromatic heterocycles.